The molecule has 1 saturated carbocycles. The lowest BCUT2D eigenvalue weighted by molar-refractivity contribution is 0.0695. The first-order chi connectivity index (χ1) is 9.63. The number of carboxylic acid groups (broad SMARTS) is 1. The molecule has 0 spiro atoms. The maximum atomic E-state index is 11.9. The summed E-state index contributed by atoms with van der Waals surface area (Å²) in [6, 6.07) is 1.25. The number of allylic oxidation sites excluding steroid dienone is 2. The molecule has 3 unspecified atom stereocenters. The molecule has 1 heterocycles. The minimum Gasteiger partial charge on any atom is -0.478 e. The third-order valence-corrected chi connectivity index (χ3v) is 4.31. The van der Waals surface area contributed by atoms with Crippen molar-refractivity contribution in [3.63, 3.8) is 0 Å². The van der Waals surface area contributed by atoms with Crippen LogP contribution in [0.2, 0.25) is 0 Å². The van der Waals surface area contributed by atoms with Gasteiger partial charge in [0, 0.05) is 12.6 Å². The van der Waals surface area contributed by atoms with Crippen LogP contribution in [0, 0.1) is 17.8 Å². The molecule has 1 amide bonds. The molecule has 4 rings (SSSR count). The Morgan fingerprint density at radius 3 is 2.75 bits per heavy atom. The number of carbonyl (C=O) groups excluding carboxylic acids is 1. The first-order valence-electron chi connectivity index (χ1n) is 6.92. The Morgan fingerprint density at radius 2 is 2.20 bits per heavy atom. The van der Waals surface area contributed by atoms with E-state index in [0.717, 1.165) is 12.7 Å². The summed E-state index contributed by atoms with van der Waals surface area (Å²) >= 11 is 0. The molecule has 1 fully saturated rings. The quantitative estimate of drug-likeness (QED) is 0.826. The highest BCUT2D eigenvalue weighted by Crippen LogP contribution is 2.39. The number of rotatable bonds is 4. The Bertz CT molecular complexity index is 560. The average Bonchev–Trinajstić information content (AvgIpc) is 2.96. The first-order valence-corrected chi connectivity index (χ1v) is 6.92. The molecule has 3 atom stereocenters. The van der Waals surface area contributed by atoms with Gasteiger partial charge in [-0.25, -0.2) is 4.79 Å². The van der Waals surface area contributed by atoms with E-state index in [2.05, 4.69) is 17.5 Å². The molecule has 5 nitrogen and oxygen atoms in total. The zero-order valence-electron chi connectivity index (χ0n) is 11.0. The second kappa shape index (κ2) is 5.15. The van der Waals surface area contributed by atoms with E-state index in [4.69, 9.17) is 9.52 Å². The topological polar surface area (TPSA) is 79.5 Å². The second-order valence-electron chi connectivity index (χ2n) is 5.60. The van der Waals surface area contributed by atoms with Crippen molar-refractivity contribution in [1.82, 2.24) is 5.32 Å². The van der Waals surface area contributed by atoms with E-state index in [1.54, 1.807) is 0 Å². The van der Waals surface area contributed by atoms with Crippen LogP contribution in [0.1, 0.15) is 40.2 Å². The van der Waals surface area contributed by atoms with Crippen LogP contribution in [0.15, 0.2) is 28.9 Å². The molecule has 1 aromatic heterocycles. The summed E-state index contributed by atoms with van der Waals surface area (Å²) in [5, 5.41) is 11.6. The molecule has 3 aliphatic rings. The lowest BCUT2D eigenvalue weighted by Gasteiger charge is -2.38. The predicted octanol–water partition coefficient (Wildman–Crippen LogP) is 2.31. The van der Waals surface area contributed by atoms with Crippen molar-refractivity contribution in [3.05, 3.63) is 35.8 Å². The standard InChI is InChI=1S/C15H17NO4/c17-14(13-6-12(8-20-13)15(18)19)16-7-11-5-9-1-3-10(11)4-2-9/h1,3,6,8-11H,2,4-5,7H2,(H,16,17)(H,18,19). The Hall–Kier alpha value is -2.04. The van der Waals surface area contributed by atoms with Gasteiger partial charge >= 0.3 is 5.97 Å². The molecule has 3 aliphatic carbocycles. The molecular weight excluding hydrogens is 258 g/mol. The molecule has 2 bridgehead atoms. The number of carbonyl (C=O) groups is 2. The molecule has 0 radical (unpaired) electrons. The highest BCUT2D eigenvalue weighted by molar-refractivity contribution is 5.95. The van der Waals surface area contributed by atoms with Crippen LogP contribution in [0.5, 0.6) is 0 Å². The van der Waals surface area contributed by atoms with E-state index >= 15 is 0 Å². The van der Waals surface area contributed by atoms with Crippen molar-refractivity contribution in [1.29, 1.82) is 0 Å². The fraction of sp³-hybridized carbons (Fsp3) is 0.467. The van der Waals surface area contributed by atoms with Crippen LogP contribution in [-0.4, -0.2) is 23.5 Å². The maximum Gasteiger partial charge on any atom is 0.338 e. The number of fused-ring (bicyclic) bond motifs is 2. The lowest BCUT2D eigenvalue weighted by Crippen LogP contribution is -2.37. The Morgan fingerprint density at radius 1 is 1.35 bits per heavy atom. The summed E-state index contributed by atoms with van der Waals surface area (Å²) in [6.07, 6.45) is 9.22. The molecule has 0 aliphatic heterocycles. The number of amides is 1. The number of aromatic carboxylic acids is 1. The van der Waals surface area contributed by atoms with Gasteiger partial charge in [0.25, 0.3) is 5.91 Å². The van der Waals surface area contributed by atoms with E-state index in [1.165, 1.54) is 18.9 Å². The normalized spacial score (nSPS) is 27.5. The monoisotopic (exact) mass is 275 g/mol. The average molecular weight is 275 g/mol. The number of hydrogen-bond acceptors (Lipinski definition) is 3. The van der Waals surface area contributed by atoms with Gasteiger partial charge in [0.2, 0.25) is 0 Å². The third-order valence-electron chi connectivity index (χ3n) is 4.31. The number of furan rings is 1. The van der Waals surface area contributed by atoms with Gasteiger partial charge in [-0.3, -0.25) is 4.79 Å². The van der Waals surface area contributed by atoms with Crippen LogP contribution >= 0.6 is 0 Å². The molecule has 20 heavy (non-hydrogen) atoms. The smallest absolute Gasteiger partial charge is 0.338 e. The summed E-state index contributed by atoms with van der Waals surface area (Å²) < 4.78 is 4.98. The van der Waals surface area contributed by atoms with Crippen molar-refractivity contribution >= 4 is 11.9 Å². The van der Waals surface area contributed by atoms with E-state index in [-0.39, 0.29) is 17.2 Å². The van der Waals surface area contributed by atoms with Crippen LogP contribution in [0.25, 0.3) is 0 Å². The molecule has 0 saturated heterocycles. The first kappa shape index (κ1) is 13.0. The summed E-state index contributed by atoms with van der Waals surface area (Å²) in [5.74, 6) is 0.316. The third kappa shape index (κ3) is 2.48. The highest BCUT2D eigenvalue weighted by Gasteiger charge is 2.32. The SMILES string of the molecule is O=C(O)c1coc(C(=O)NCC2CC3C=CC2CC3)c1. The van der Waals surface area contributed by atoms with Gasteiger partial charge in [-0.15, -0.1) is 0 Å². The van der Waals surface area contributed by atoms with Gasteiger partial charge in [-0.05, 0) is 37.0 Å². The van der Waals surface area contributed by atoms with Gasteiger partial charge in [0.15, 0.2) is 5.76 Å². The fourth-order valence-corrected chi connectivity index (χ4v) is 3.16. The largest absolute Gasteiger partial charge is 0.478 e. The Labute approximate surface area is 116 Å². The van der Waals surface area contributed by atoms with Crippen molar-refractivity contribution < 1.29 is 19.1 Å². The number of carboxylic acids is 1. The molecule has 106 valence electrons. The molecular formula is C15H17NO4. The summed E-state index contributed by atoms with van der Waals surface area (Å²) in [7, 11) is 0. The van der Waals surface area contributed by atoms with E-state index in [9.17, 15) is 9.59 Å². The maximum absolute atomic E-state index is 11.9. The predicted molar refractivity (Wildman–Crippen MR) is 71.5 cm³/mol. The van der Waals surface area contributed by atoms with Crippen LogP contribution in [0.4, 0.5) is 0 Å². The zero-order valence-corrected chi connectivity index (χ0v) is 11.0. The Balaban J connectivity index is 1.57. The summed E-state index contributed by atoms with van der Waals surface area (Å²) in [6.45, 7) is 0.618. The van der Waals surface area contributed by atoms with Gasteiger partial charge in [-0.2, -0.15) is 0 Å². The molecule has 1 aromatic rings. The van der Waals surface area contributed by atoms with Crippen molar-refractivity contribution in [3.8, 4) is 0 Å². The van der Waals surface area contributed by atoms with Gasteiger partial charge < -0.3 is 14.8 Å². The van der Waals surface area contributed by atoms with E-state index in [1.807, 2.05) is 0 Å². The van der Waals surface area contributed by atoms with Gasteiger partial charge in [0.1, 0.15) is 6.26 Å². The second-order valence-corrected chi connectivity index (χ2v) is 5.60. The van der Waals surface area contributed by atoms with Crippen LogP contribution < -0.4 is 5.32 Å². The van der Waals surface area contributed by atoms with Crippen molar-refractivity contribution in [2.24, 2.45) is 17.8 Å². The summed E-state index contributed by atoms with van der Waals surface area (Å²) in [4.78, 5) is 22.6. The number of hydrogen-bond donors (Lipinski definition) is 2. The van der Waals surface area contributed by atoms with Gasteiger partial charge in [0.05, 0.1) is 5.56 Å². The zero-order chi connectivity index (χ0) is 14.1. The van der Waals surface area contributed by atoms with E-state index in [0.29, 0.717) is 24.3 Å². The van der Waals surface area contributed by atoms with Gasteiger partial charge in [-0.1, -0.05) is 12.2 Å². The Kier molecular flexibility index (Phi) is 3.34. The summed E-state index contributed by atoms with van der Waals surface area (Å²) in [5.41, 5.74) is -0.00481. The minimum atomic E-state index is -1.09. The highest BCUT2D eigenvalue weighted by atomic mass is 16.4. The van der Waals surface area contributed by atoms with Crippen LogP contribution in [-0.2, 0) is 0 Å². The molecule has 0 aromatic carbocycles. The van der Waals surface area contributed by atoms with Crippen molar-refractivity contribution in [2.75, 3.05) is 6.54 Å². The number of nitrogens with one attached hydrogen (secondary N) is 1. The molecule has 2 N–H and O–H groups in total. The lowest BCUT2D eigenvalue weighted by atomic mass is 9.69. The van der Waals surface area contributed by atoms with E-state index < -0.39 is 5.97 Å². The minimum absolute atomic E-state index is 0.00481. The van der Waals surface area contributed by atoms with Crippen molar-refractivity contribution in [2.45, 2.75) is 19.3 Å². The molecule has 5 heteroatoms. The fourth-order valence-electron chi connectivity index (χ4n) is 3.16. The van der Waals surface area contributed by atoms with Crippen LogP contribution in [0.3, 0.4) is 0 Å².